The van der Waals surface area contributed by atoms with Gasteiger partial charge < -0.3 is 10.5 Å². The number of sulfonamides is 1. The molecule has 0 aliphatic carbocycles. The van der Waals surface area contributed by atoms with Gasteiger partial charge in [-0.15, -0.1) is 0 Å². The van der Waals surface area contributed by atoms with Gasteiger partial charge in [-0.25, -0.2) is 13.1 Å². The summed E-state index contributed by atoms with van der Waals surface area (Å²) in [6, 6.07) is 3.58. The Morgan fingerprint density at radius 3 is 2.67 bits per heavy atom. The van der Waals surface area contributed by atoms with E-state index < -0.39 is 15.6 Å². The zero-order valence-corrected chi connectivity index (χ0v) is 13.7. The van der Waals surface area contributed by atoms with Crippen LogP contribution >= 0.6 is 0 Å². The van der Waals surface area contributed by atoms with E-state index in [1.165, 1.54) is 0 Å². The molecular formula is C15H24N2O3S. The van der Waals surface area contributed by atoms with Gasteiger partial charge >= 0.3 is 0 Å². The lowest BCUT2D eigenvalue weighted by molar-refractivity contribution is 0.0250. The van der Waals surface area contributed by atoms with Crippen molar-refractivity contribution >= 4 is 10.0 Å². The third-order valence-corrected chi connectivity index (χ3v) is 5.67. The van der Waals surface area contributed by atoms with E-state index in [4.69, 9.17) is 10.5 Å². The van der Waals surface area contributed by atoms with Gasteiger partial charge in [-0.05, 0) is 56.4 Å². The van der Waals surface area contributed by atoms with Crippen LogP contribution in [0.25, 0.3) is 0 Å². The Hall–Kier alpha value is -0.950. The van der Waals surface area contributed by atoms with Gasteiger partial charge in [0, 0.05) is 19.7 Å². The fourth-order valence-electron chi connectivity index (χ4n) is 2.60. The number of nitrogens with one attached hydrogen (secondary N) is 1. The first kappa shape index (κ1) is 16.4. The number of benzene rings is 1. The van der Waals surface area contributed by atoms with E-state index in [1.807, 2.05) is 26.8 Å². The van der Waals surface area contributed by atoms with Gasteiger partial charge in [0.15, 0.2) is 0 Å². The number of hydrogen-bond acceptors (Lipinski definition) is 4. The molecule has 1 fully saturated rings. The van der Waals surface area contributed by atoms with E-state index in [9.17, 15) is 8.42 Å². The highest BCUT2D eigenvalue weighted by molar-refractivity contribution is 7.89. The van der Waals surface area contributed by atoms with E-state index in [1.54, 1.807) is 6.07 Å². The summed E-state index contributed by atoms with van der Waals surface area (Å²) in [5.41, 5.74) is 7.75. The van der Waals surface area contributed by atoms with Crippen molar-refractivity contribution in [3.63, 3.8) is 0 Å². The topological polar surface area (TPSA) is 81.4 Å². The molecule has 21 heavy (non-hydrogen) atoms. The van der Waals surface area contributed by atoms with Crippen molar-refractivity contribution in [2.75, 3.05) is 13.2 Å². The molecule has 3 N–H and O–H groups in total. The summed E-state index contributed by atoms with van der Waals surface area (Å²) in [6.45, 7) is 6.97. The molecule has 1 aromatic carbocycles. The quantitative estimate of drug-likeness (QED) is 0.865. The maximum Gasteiger partial charge on any atom is 0.240 e. The van der Waals surface area contributed by atoms with Gasteiger partial charge in [0.2, 0.25) is 10.0 Å². The van der Waals surface area contributed by atoms with E-state index >= 15 is 0 Å². The zero-order chi connectivity index (χ0) is 15.7. The molecule has 0 radical (unpaired) electrons. The van der Waals surface area contributed by atoms with E-state index in [0.717, 1.165) is 29.5 Å². The van der Waals surface area contributed by atoms with E-state index in [2.05, 4.69) is 4.72 Å². The fourth-order valence-corrected chi connectivity index (χ4v) is 4.12. The first-order valence-electron chi connectivity index (χ1n) is 7.21. The van der Waals surface area contributed by atoms with Crippen LogP contribution in [-0.4, -0.2) is 27.2 Å². The average Bonchev–Trinajstić information content (AvgIpc) is 2.87. The van der Waals surface area contributed by atoms with Crippen LogP contribution in [0.15, 0.2) is 17.0 Å². The summed E-state index contributed by atoms with van der Waals surface area (Å²) >= 11 is 0. The molecule has 1 atom stereocenters. The second kappa shape index (κ2) is 6.04. The zero-order valence-electron chi connectivity index (χ0n) is 12.9. The normalized spacial score (nSPS) is 22.7. The van der Waals surface area contributed by atoms with Gasteiger partial charge in [0.05, 0.1) is 10.5 Å². The molecule has 118 valence electrons. The Morgan fingerprint density at radius 2 is 2.10 bits per heavy atom. The third-order valence-electron chi connectivity index (χ3n) is 4.14. The summed E-state index contributed by atoms with van der Waals surface area (Å²) in [6.07, 6.45) is 1.84. The third kappa shape index (κ3) is 3.63. The highest BCUT2D eigenvalue weighted by atomic mass is 32.2. The molecule has 1 heterocycles. The Balaban J connectivity index is 2.25. The highest BCUT2D eigenvalue weighted by Crippen LogP contribution is 2.26. The predicted octanol–water partition coefficient (Wildman–Crippen LogP) is 1.61. The Bertz CT molecular complexity index is 620. The maximum absolute atomic E-state index is 12.6. The lowest BCUT2D eigenvalue weighted by atomic mass is 10.0. The van der Waals surface area contributed by atoms with E-state index in [0.29, 0.717) is 24.6 Å². The Kier molecular flexibility index (Phi) is 4.72. The van der Waals surface area contributed by atoms with Crippen LogP contribution in [0.2, 0.25) is 0 Å². The standard InChI is InChI=1S/C15H24N2O3S/c1-11-7-13(9-16)8-14(12(11)2)21(18,19)17-10-15(3)5-4-6-20-15/h7-8,17H,4-6,9-10,16H2,1-3H3. The molecule has 1 saturated heterocycles. The first-order chi connectivity index (χ1) is 9.77. The molecule has 0 spiro atoms. The van der Waals surface area contributed by atoms with Crippen molar-refractivity contribution in [1.82, 2.24) is 4.72 Å². The number of nitrogens with two attached hydrogens (primary N) is 1. The maximum atomic E-state index is 12.6. The van der Waals surface area contributed by atoms with Gasteiger partial charge in [0.1, 0.15) is 0 Å². The van der Waals surface area contributed by atoms with Gasteiger partial charge in [-0.2, -0.15) is 0 Å². The van der Waals surface area contributed by atoms with Crippen LogP contribution in [0, 0.1) is 13.8 Å². The number of aryl methyl sites for hydroxylation is 1. The lowest BCUT2D eigenvalue weighted by Gasteiger charge is -2.23. The van der Waals surface area contributed by atoms with Gasteiger partial charge in [-0.1, -0.05) is 6.07 Å². The average molecular weight is 312 g/mol. The summed E-state index contributed by atoms with van der Waals surface area (Å²) in [7, 11) is -3.56. The lowest BCUT2D eigenvalue weighted by Crippen LogP contribution is -2.40. The molecule has 1 aliphatic heterocycles. The Labute approximate surface area is 126 Å². The van der Waals surface area contributed by atoms with Gasteiger partial charge in [-0.3, -0.25) is 0 Å². The van der Waals surface area contributed by atoms with E-state index in [-0.39, 0.29) is 0 Å². The smallest absolute Gasteiger partial charge is 0.240 e. The number of hydrogen-bond donors (Lipinski definition) is 2. The second-order valence-electron chi connectivity index (χ2n) is 5.97. The van der Waals surface area contributed by atoms with Crippen LogP contribution in [0.3, 0.4) is 0 Å². The molecule has 6 heteroatoms. The summed E-state index contributed by atoms with van der Waals surface area (Å²) in [5, 5.41) is 0. The molecule has 1 unspecified atom stereocenters. The van der Waals surface area contributed by atoms with Crippen molar-refractivity contribution in [3.8, 4) is 0 Å². The van der Waals surface area contributed by atoms with Crippen molar-refractivity contribution in [2.24, 2.45) is 5.73 Å². The largest absolute Gasteiger partial charge is 0.374 e. The van der Waals surface area contributed by atoms with Crippen molar-refractivity contribution in [1.29, 1.82) is 0 Å². The first-order valence-corrected chi connectivity index (χ1v) is 8.69. The summed E-state index contributed by atoms with van der Waals surface area (Å²) in [4.78, 5) is 0.310. The van der Waals surface area contributed by atoms with Crippen molar-refractivity contribution in [3.05, 3.63) is 28.8 Å². The summed E-state index contributed by atoms with van der Waals surface area (Å²) < 4.78 is 33.4. The second-order valence-corrected chi connectivity index (χ2v) is 7.70. The number of rotatable bonds is 5. The minimum Gasteiger partial charge on any atom is -0.374 e. The molecule has 1 aliphatic rings. The monoisotopic (exact) mass is 312 g/mol. The van der Waals surface area contributed by atoms with Crippen LogP contribution in [0.1, 0.15) is 36.5 Å². The molecule has 0 amide bonds. The molecular weight excluding hydrogens is 288 g/mol. The minimum absolute atomic E-state index is 0.292. The van der Waals surface area contributed by atoms with Crippen LogP contribution in [0.4, 0.5) is 0 Å². The highest BCUT2D eigenvalue weighted by Gasteiger charge is 2.31. The summed E-state index contributed by atoms with van der Waals surface area (Å²) in [5.74, 6) is 0. The minimum atomic E-state index is -3.56. The molecule has 2 rings (SSSR count). The molecule has 0 aromatic heterocycles. The predicted molar refractivity (Wildman–Crippen MR) is 82.6 cm³/mol. The van der Waals surface area contributed by atoms with Crippen LogP contribution < -0.4 is 10.5 Å². The molecule has 0 bridgehead atoms. The number of ether oxygens (including phenoxy) is 1. The van der Waals surface area contributed by atoms with Gasteiger partial charge in [0.25, 0.3) is 0 Å². The fraction of sp³-hybridized carbons (Fsp3) is 0.600. The van der Waals surface area contributed by atoms with Crippen LogP contribution in [0.5, 0.6) is 0 Å². The molecule has 5 nitrogen and oxygen atoms in total. The molecule has 0 saturated carbocycles. The van der Waals surface area contributed by atoms with Crippen molar-refractivity contribution in [2.45, 2.75) is 50.7 Å². The Morgan fingerprint density at radius 1 is 1.38 bits per heavy atom. The SMILES string of the molecule is Cc1cc(CN)cc(S(=O)(=O)NCC2(C)CCCO2)c1C. The van der Waals surface area contributed by atoms with Crippen LogP contribution in [-0.2, 0) is 21.3 Å². The van der Waals surface area contributed by atoms with Crippen molar-refractivity contribution < 1.29 is 13.2 Å². The molecule has 1 aromatic rings.